The Labute approximate surface area is 120 Å². The summed E-state index contributed by atoms with van der Waals surface area (Å²) in [6, 6.07) is -0.123. The highest BCUT2D eigenvalue weighted by Crippen LogP contribution is 2.22. The van der Waals surface area contributed by atoms with Gasteiger partial charge in [0, 0.05) is 13.2 Å². The van der Waals surface area contributed by atoms with Crippen LogP contribution in [0.1, 0.15) is 33.2 Å². The summed E-state index contributed by atoms with van der Waals surface area (Å²) in [5.41, 5.74) is 0.474. The largest absolute Gasteiger partial charge is 0.477 e. The summed E-state index contributed by atoms with van der Waals surface area (Å²) in [5, 5.41) is 15.0. The van der Waals surface area contributed by atoms with Crippen molar-refractivity contribution in [1.29, 1.82) is 0 Å². The van der Waals surface area contributed by atoms with Gasteiger partial charge in [0.15, 0.2) is 0 Å². The lowest BCUT2D eigenvalue weighted by Gasteiger charge is -2.34. The van der Waals surface area contributed by atoms with Gasteiger partial charge in [-0.3, -0.25) is 0 Å². The molecule has 1 fully saturated rings. The molecule has 1 aromatic heterocycles. The Morgan fingerprint density at radius 2 is 2.20 bits per heavy atom. The molecular weight excluding hydrogens is 282 g/mol. The fourth-order valence-electron chi connectivity index (χ4n) is 1.99. The molecule has 1 saturated carbocycles. The maximum absolute atomic E-state index is 11.6. The Morgan fingerprint density at radius 1 is 1.50 bits per heavy atom. The number of aromatic nitrogens is 1. The topological polar surface area (TPSA) is 101 Å². The van der Waals surface area contributed by atoms with Crippen molar-refractivity contribution in [2.75, 3.05) is 7.11 Å². The molecule has 1 heterocycles. The molecule has 2 amide bonds. The molecule has 0 atom stereocenters. The Morgan fingerprint density at radius 3 is 2.75 bits per heavy atom. The molecule has 0 unspecified atom stereocenters. The van der Waals surface area contributed by atoms with Crippen molar-refractivity contribution in [2.45, 2.75) is 38.5 Å². The molecule has 0 aliphatic heterocycles. The van der Waals surface area contributed by atoms with E-state index < -0.39 is 5.97 Å². The molecule has 2 rings (SSSR count). The second-order valence-electron chi connectivity index (χ2n) is 4.68. The number of thiazole rings is 1. The number of carbonyl (C=O) groups is 2. The molecule has 1 aromatic rings. The van der Waals surface area contributed by atoms with Crippen LogP contribution in [0.15, 0.2) is 0 Å². The van der Waals surface area contributed by atoms with Crippen LogP contribution in [0, 0.1) is 6.92 Å². The number of ether oxygens (including phenoxy) is 1. The number of aromatic carboxylic acids is 1. The van der Waals surface area contributed by atoms with E-state index in [2.05, 4.69) is 15.6 Å². The molecule has 0 aromatic carbocycles. The highest BCUT2D eigenvalue weighted by Gasteiger charge is 2.30. The summed E-state index contributed by atoms with van der Waals surface area (Å²) in [4.78, 5) is 26.9. The first-order valence-corrected chi connectivity index (χ1v) is 7.08. The number of nitrogens with zero attached hydrogens (tertiary/aromatic N) is 1. The maximum Gasteiger partial charge on any atom is 0.347 e. The summed E-state index contributed by atoms with van der Waals surface area (Å²) in [6.07, 6.45) is 1.88. The average Bonchev–Trinajstić information content (AvgIpc) is 2.72. The predicted octanol–water partition coefficient (Wildman–Crippen LogP) is 1.13. The number of urea groups is 1. The summed E-state index contributed by atoms with van der Waals surface area (Å²) in [5.74, 6) is -0.990. The van der Waals surface area contributed by atoms with Crippen molar-refractivity contribution in [1.82, 2.24) is 15.6 Å². The molecule has 0 bridgehead atoms. The number of methoxy groups -OCH3 is 1. The van der Waals surface area contributed by atoms with Gasteiger partial charge in [-0.05, 0) is 19.8 Å². The van der Waals surface area contributed by atoms with Gasteiger partial charge in [-0.1, -0.05) is 0 Å². The first-order valence-electron chi connectivity index (χ1n) is 6.26. The second-order valence-corrected chi connectivity index (χ2v) is 5.76. The zero-order valence-electron chi connectivity index (χ0n) is 11.3. The number of carboxylic acid groups (broad SMARTS) is 1. The van der Waals surface area contributed by atoms with Gasteiger partial charge in [0.05, 0.1) is 18.3 Å². The number of hydrogen-bond donors (Lipinski definition) is 3. The molecule has 0 spiro atoms. The molecule has 3 N–H and O–H groups in total. The van der Waals surface area contributed by atoms with Crippen molar-refractivity contribution in [3.05, 3.63) is 15.6 Å². The third kappa shape index (κ3) is 3.45. The van der Waals surface area contributed by atoms with Crippen LogP contribution in [0.25, 0.3) is 0 Å². The van der Waals surface area contributed by atoms with E-state index in [9.17, 15) is 9.59 Å². The van der Waals surface area contributed by atoms with Crippen molar-refractivity contribution >= 4 is 23.3 Å². The van der Waals surface area contributed by atoms with E-state index in [0.717, 1.165) is 24.2 Å². The summed E-state index contributed by atoms with van der Waals surface area (Å²) in [7, 11) is 1.66. The van der Waals surface area contributed by atoms with Crippen molar-refractivity contribution < 1.29 is 19.4 Å². The summed E-state index contributed by atoms with van der Waals surface area (Å²) in [6.45, 7) is 1.87. The number of nitrogens with one attached hydrogen (secondary N) is 2. The monoisotopic (exact) mass is 299 g/mol. The predicted molar refractivity (Wildman–Crippen MR) is 73.0 cm³/mol. The van der Waals surface area contributed by atoms with Crippen LogP contribution in [-0.2, 0) is 11.3 Å². The van der Waals surface area contributed by atoms with Gasteiger partial charge in [-0.15, -0.1) is 11.3 Å². The first kappa shape index (κ1) is 14.7. The van der Waals surface area contributed by atoms with Crippen LogP contribution in [0.4, 0.5) is 4.79 Å². The van der Waals surface area contributed by atoms with Crippen LogP contribution in [0.2, 0.25) is 0 Å². The smallest absolute Gasteiger partial charge is 0.347 e. The zero-order valence-corrected chi connectivity index (χ0v) is 12.1. The lowest BCUT2D eigenvalue weighted by molar-refractivity contribution is 0.0205. The number of hydrogen-bond acceptors (Lipinski definition) is 5. The average molecular weight is 299 g/mol. The number of carbonyl (C=O) groups excluding carboxylic acids is 1. The van der Waals surface area contributed by atoms with Crippen LogP contribution < -0.4 is 10.6 Å². The van der Waals surface area contributed by atoms with Crippen LogP contribution in [0.5, 0.6) is 0 Å². The molecule has 0 radical (unpaired) electrons. The second kappa shape index (κ2) is 6.19. The Hall–Kier alpha value is -1.67. The minimum atomic E-state index is -0.990. The fraction of sp³-hybridized carbons (Fsp3) is 0.583. The first-order chi connectivity index (χ1) is 9.49. The van der Waals surface area contributed by atoms with E-state index in [-0.39, 0.29) is 29.6 Å². The van der Waals surface area contributed by atoms with Crippen LogP contribution in [-0.4, -0.2) is 41.3 Å². The number of aryl methyl sites for hydroxylation is 1. The molecule has 110 valence electrons. The van der Waals surface area contributed by atoms with Crippen molar-refractivity contribution in [3.8, 4) is 0 Å². The lowest BCUT2D eigenvalue weighted by atomic mass is 9.89. The maximum atomic E-state index is 11.6. The van der Waals surface area contributed by atoms with Gasteiger partial charge < -0.3 is 20.5 Å². The van der Waals surface area contributed by atoms with Gasteiger partial charge in [-0.25, -0.2) is 14.6 Å². The molecule has 20 heavy (non-hydrogen) atoms. The van der Waals surface area contributed by atoms with E-state index in [0.29, 0.717) is 10.7 Å². The minimum absolute atomic E-state index is 0.146. The Bertz CT molecular complexity index is 511. The normalized spacial score (nSPS) is 21.1. The van der Waals surface area contributed by atoms with E-state index in [1.54, 1.807) is 14.0 Å². The van der Waals surface area contributed by atoms with Crippen molar-refractivity contribution in [3.63, 3.8) is 0 Å². The molecule has 8 heteroatoms. The van der Waals surface area contributed by atoms with Crippen molar-refractivity contribution in [2.24, 2.45) is 0 Å². The molecule has 1 aliphatic rings. The standard InChI is InChI=1S/C12H17N3O4S/c1-6-10(11(16)17)20-9(14-6)5-13-12(18)15-7-3-8(4-7)19-2/h7-8H,3-5H2,1-2H3,(H,16,17)(H2,13,15,18). The number of carboxylic acids is 1. The minimum Gasteiger partial charge on any atom is -0.477 e. The Kier molecular flexibility index (Phi) is 4.56. The molecular formula is C12H17N3O4S. The van der Waals surface area contributed by atoms with E-state index in [1.165, 1.54) is 0 Å². The third-order valence-corrected chi connectivity index (χ3v) is 4.34. The van der Waals surface area contributed by atoms with E-state index in [1.807, 2.05) is 0 Å². The van der Waals surface area contributed by atoms with E-state index in [4.69, 9.17) is 9.84 Å². The van der Waals surface area contributed by atoms with E-state index >= 15 is 0 Å². The molecule has 0 saturated heterocycles. The summed E-state index contributed by atoms with van der Waals surface area (Å²) >= 11 is 1.08. The van der Waals surface area contributed by atoms with Gasteiger partial charge in [0.25, 0.3) is 0 Å². The number of rotatable bonds is 5. The quantitative estimate of drug-likeness (QED) is 0.756. The van der Waals surface area contributed by atoms with Gasteiger partial charge in [0.1, 0.15) is 9.88 Å². The third-order valence-electron chi connectivity index (χ3n) is 3.20. The van der Waals surface area contributed by atoms with Gasteiger partial charge >= 0.3 is 12.0 Å². The highest BCUT2D eigenvalue weighted by molar-refractivity contribution is 7.13. The lowest BCUT2D eigenvalue weighted by Crippen LogP contribution is -2.50. The summed E-state index contributed by atoms with van der Waals surface area (Å²) < 4.78 is 5.13. The highest BCUT2D eigenvalue weighted by atomic mass is 32.1. The number of amides is 2. The van der Waals surface area contributed by atoms with Gasteiger partial charge in [0.2, 0.25) is 0 Å². The van der Waals surface area contributed by atoms with Crippen LogP contribution >= 0.6 is 11.3 Å². The molecule has 1 aliphatic carbocycles. The SMILES string of the molecule is COC1CC(NC(=O)NCc2nc(C)c(C(=O)O)s2)C1. The van der Waals surface area contributed by atoms with Crippen LogP contribution in [0.3, 0.4) is 0 Å². The Balaban J connectivity index is 1.76. The van der Waals surface area contributed by atoms with Gasteiger partial charge in [-0.2, -0.15) is 0 Å². The molecule has 7 nitrogen and oxygen atoms in total. The zero-order chi connectivity index (χ0) is 14.7. The fourth-order valence-corrected chi connectivity index (χ4v) is 2.84.